The minimum Gasteiger partial charge on any atom is -0.467 e. The molecule has 66 valence electrons. The SMILES string of the molecule is COC(=O)C(C)(N)C(F)(F)Br. The van der Waals surface area contributed by atoms with Crippen LogP contribution in [0.1, 0.15) is 6.92 Å². The van der Waals surface area contributed by atoms with Crippen molar-refractivity contribution in [2.24, 2.45) is 5.73 Å². The molecule has 0 spiro atoms. The first-order valence-electron chi connectivity index (χ1n) is 2.67. The molecule has 0 aromatic heterocycles. The van der Waals surface area contributed by atoms with Gasteiger partial charge in [0.15, 0.2) is 5.54 Å². The molecule has 0 bridgehead atoms. The Morgan fingerprint density at radius 3 is 2.09 bits per heavy atom. The third-order valence-electron chi connectivity index (χ3n) is 1.20. The van der Waals surface area contributed by atoms with E-state index >= 15 is 0 Å². The van der Waals surface area contributed by atoms with Crippen molar-refractivity contribution in [2.75, 3.05) is 7.11 Å². The molecule has 0 aromatic carbocycles. The molecular formula is C5H8BrF2NO2. The highest BCUT2D eigenvalue weighted by Crippen LogP contribution is 2.33. The molecule has 0 aromatic rings. The number of ether oxygens (including phenoxy) is 1. The lowest BCUT2D eigenvalue weighted by Crippen LogP contribution is -2.56. The van der Waals surface area contributed by atoms with E-state index in [4.69, 9.17) is 5.73 Å². The Labute approximate surface area is 71.0 Å². The summed E-state index contributed by atoms with van der Waals surface area (Å²) in [6, 6.07) is 0. The van der Waals surface area contributed by atoms with Crippen molar-refractivity contribution in [3.05, 3.63) is 0 Å². The molecule has 0 fully saturated rings. The summed E-state index contributed by atoms with van der Waals surface area (Å²) < 4.78 is 28.9. The van der Waals surface area contributed by atoms with Gasteiger partial charge in [-0.2, -0.15) is 8.78 Å². The summed E-state index contributed by atoms with van der Waals surface area (Å²) in [5.41, 5.74) is 2.64. The molecule has 0 saturated carbocycles. The molecule has 0 amide bonds. The number of hydrogen-bond donors (Lipinski definition) is 1. The maximum absolute atomic E-state index is 12.4. The van der Waals surface area contributed by atoms with Gasteiger partial charge in [0.2, 0.25) is 0 Å². The number of hydrogen-bond acceptors (Lipinski definition) is 3. The number of carbonyl (C=O) groups excluding carboxylic acids is 1. The van der Waals surface area contributed by atoms with E-state index in [0.717, 1.165) is 14.0 Å². The van der Waals surface area contributed by atoms with E-state index in [0.29, 0.717) is 0 Å². The van der Waals surface area contributed by atoms with Gasteiger partial charge >= 0.3 is 10.8 Å². The maximum Gasteiger partial charge on any atom is 0.332 e. The second-order valence-electron chi connectivity index (χ2n) is 2.19. The normalized spacial score (nSPS) is 17.3. The fourth-order valence-corrected chi connectivity index (χ4v) is 0.490. The fourth-order valence-electron chi connectivity index (χ4n) is 0.328. The summed E-state index contributed by atoms with van der Waals surface area (Å²) in [6.07, 6.45) is 0. The molecule has 3 nitrogen and oxygen atoms in total. The van der Waals surface area contributed by atoms with Crippen molar-refractivity contribution in [3.8, 4) is 0 Å². The number of rotatable bonds is 2. The second-order valence-corrected chi connectivity index (χ2v) is 3.19. The van der Waals surface area contributed by atoms with Crippen LogP contribution in [0.4, 0.5) is 8.78 Å². The largest absolute Gasteiger partial charge is 0.467 e. The Balaban J connectivity index is 4.59. The van der Waals surface area contributed by atoms with Crippen molar-refractivity contribution in [1.29, 1.82) is 0 Å². The van der Waals surface area contributed by atoms with Crippen LogP contribution in [0.2, 0.25) is 0 Å². The van der Waals surface area contributed by atoms with Crippen LogP contribution in [0.5, 0.6) is 0 Å². The lowest BCUT2D eigenvalue weighted by atomic mass is 10.1. The Morgan fingerprint density at radius 1 is 1.64 bits per heavy atom. The van der Waals surface area contributed by atoms with Crippen LogP contribution < -0.4 is 5.73 Å². The van der Waals surface area contributed by atoms with Crippen molar-refractivity contribution in [2.45, 2.75) is 17.3 Å². The van der Waals surface area contributed by atoms with Crippen LogP contribution in [0.25, 0.3) is 0 Å². The van der Waals surface area contributed by atoms with Gasteiger partial charge in [0.1, 0.15) is 0 Å². The highest BCUT2D eigenvalue weighted by Gasteiger charge is 2.52. The maximum atomic E-state index is 12.4. The number of esters is 1. The highest BCUT2D eigenvalue weighted by atomic mass is 79.9. The van der Waals surface area contributed by atoms with E-state index in [2.05, 4.69) is 4.74 Å². The predicted octanol–water partition coefficient (Wildman–Crippen LogP) is 0.865. The molecule has 0 heterocycles. The molecule has 0 radical (unpaired) electrons. The molecule has 2 N–H and O–H groups in total. The first-order valence-corrected chi connectivity index (χ1v) is 3.47. The molecule has 0 aliphatic carbocycles. The molecule has 0 aliphatic rings. The number of methoxy groups -OCH3 is 1. The van der Waals surface area contributed by atoms with Crippen molar-refractivity contribution >= 4 is 21.9 Å². The van der Waals surface area contributed by atoms with Gasteiger partial charge in [-0.05, 0) is 22.9 Å². The van der Waals surface area contributed by atoms with Crippen molar-refractivity contribution in [3.63, 3.8) is 0 Å². The molecule has 1 atom stereocenters. The third kappa shape index (κ3) is 2.10. The minimum absolute atomic E-state index is 0.883. The fraction of sp³-hybridized carbons (Fsp3) is 0.800. The second kappa shape index (κ2) is 3.02. The highest BCUT2D eigenvalue weighted by molar-refractivity contribution is 9.10. The summed E-state index contributed by atoms with van der Waals surface area (Å²) in [5.74, 6) is -1.17. The molecule has 6 heteroatoms. The first kappa shape index (κ1) is 10.8. The van der Waals surface area contributed by atoms with E-state index in [1.54, 1.807) is 0 Å². The lowest BCUT2D eigenvalue weighted by Gasteiger charge is -2.25. The predicted molar refractivity (Wildman–Crippen MR) is 38.5 cm³/mol. The van der Waals surface area contributed by atoms with Gasteiger partial charge in [-0.3, -0.25) is 0 Å². The smallest absolute Gasteiger partial charge is 0.332 e. The summed E-state index contributed by atoms with van der Waals surface area (Å²) in [6.45, 7) is 0.883. The Hall–Kier alpha value is -0.230. The zero-order valence-corrected chi connectivity index (χ0v) is 7.61. The van der Waals surface area contributed by atoms with Crippen LogP contribution in [0, 0.1) is 0 Å². The monoisotopic (exact) mass is 231 g/mol. The summed E-state index contributed by atoms with van der Waals surface area (Å²) in [7, 11) is 0.992. The van der Waals surface area contributed by atoms with Gasteiger partial charge < -0.3 is 10.5 Å². The van der Waals surface area contributed by atoms with Crippen molar-refractivity contribution in [1.82, 2.24) is 0 Å². The number of nitrogens with two attached hydrogens (primary N) is 1. The quantitative estimate of drug-likeness (QED) is 0.567. The zero-order valence-electron chi connectivity index (χ0n) is 6.03. The minimum atomic E-state index is -3.47. The molecule has 0 saturated heterocycles. The zero-order chi connectivity index (χ0) is 9.28. The Kier molecular flexibility index (Phi) is 2.96. The van der Waals surface area contributed by atoms with Gasteiger partial charge in [0, 0.05) is 0 Å². The molecular weight excluding hydrogens is 224 g/mol. The van der Waals surface area contributed by atoms with Gasteiger partial charge in [-0.1, -0.05) is 0 Å². The van der Waals surface area contributed by atoms with Crippen molar-refractivity contribution < 1.29 is 18.3 Å². The van der Waals surface area contributed by atoms with E-state index < -0.39 is 16.3 Å². The summed E-state index contributed by atoms with van der Waals surface area (Å²) in [5, 5.41) is 0. The Morgan fingerprint density at radius 2 is 2.00 bits per heavy atom. The molecule has 11 heavy (non-hydrogen) atoms. The standard InChI is InChI=1S/C5H8BrF2NO2/c1-4(9,3(10)11-2)5(6,7)8/h9H2,1-2H3. The number of alkyl halides is 3. The average molecular weight is 232 g/mol. The van der Waals surface area contributed by atoms with E-state index in [9.17, 15) is 13.6 Å². The van der Waals surface area contributed by atoms with Crippen LogP contribution >= 0.6 is 15.9 Å². The molecule has 0 rings (SSSR count). The van der Waals surface area contributed by atoms with Gasteiger partial charge in [0.25, 0.3) is 0 Å². The number of halogens is 3. The summed E-state index contributed by atoms with van der Waals surface area (Å²) in [4.78, 5) is 7.16. The molecule has 0 aliphatic heterocycles. The van der Waals surface area contributed by atoms with Gasteiger partial charge in [-0.25, -0.2) is 4.79 Å². The topological polar surface area (TPSA) is 52.3 Å². The van der Waals surface area contributed by atoms with Gasteiger partial charge in [0.05, 0.1) is 7.11 Å². The van der Waals surface area contributed by atoms with Crippen LogP contribution in [-0.4, -0.2) is 23.4 Å². The van der Waals surface area contributed by atoms with Crippen LogP contribution in [-0.2, 0) is 9.53 Å². The van der Waals surface area contributed by atoms with Gasteiger partial charge in [-0.15, -0.1) is 0 Å². The summed E-state index contributed by atoms with van der Waals surface area (Å²) >= 11 is 1.98. The number of carbonyl (C=O) groups is 1. The van der Waals surface area contributed by atoms with Crippen LogP contribution in [0.15, 0.2) is 0 Å². The van der Waals surface area contributed by atoms with E-state index in [1.807, 2.05) is 15.9 Å². The van der Waals surface area contributed by atoms with E-state index in [-0.39, 0.29) is 0 Å². The average Bonchev–Trinajstić information content (AvgIpc) is 1.83. The third-order valence-corrected chi connectivity index (χ3v) is 2.02. The Bertz CT molecular complexity index is 166. The first-order chi connectivity index (χ1) is 4.73. The molecule has 1 unspecified atom stereocenters. The van der Waals surface area contributed by atoms with E-state index in [1.165, 1.54) is 0 Å². The lowest BCUT2D eigenvalue weighted by molar-refractivity contribution is -0.153. The van der Waals surface area contributed by atoms with Crippen LogP contribution in [0.3, 0.4) is 0 Å².